The second-order valence-corrected chi connectivity index (χ2v) is 5.47. The first-order valence-electron chi connectivity index (χ1n) is 5.32. The number of hydrogen-bond donors (Lipinski definition) is 2. The van der Waals surface area contributed by atoms with E-state index in [1.54, 1.807) is 12.1 Å². The fourth-order valence-electron chi connectivity index (χ4n) is 1.87. The minimum Gasteiger partial charge on any atom is -0.477 e. The first kappa shape index (κ1) is 11.9. The van der Waals surface area contributed by atoms with Crippen molar-refractivity contribution in [3.05, 3.63) is 17.0 Å². The number of carboxylic acids is 1. The van der Waals surface area contributed by atoms with Crippen LogP contribution in [0.2, 0.25) is 0 Å². The van der Waals surface area contributed by atoms with Gasteiger partial charge in [0.15, 0.2) is 0 Å². The third kappa shape index (κ3) is 2.00. The van der Waals surface area contributed by atoms with Crippen molar-refractivity contribution < 1.29 is 14.7 Å². The zero-order chi connectivity index (χ0) is 12.6. The Hall–Kier alpha value is -1.56. The van der Waals surface area contributed by atoms with Crippen molar-refractivity contribution in [2.75, 3.05) is 18.0 Å². The lowest BCUT2D eigenvalue weighted by Crippen LogP contribution is -2.61. The summed E-state index contributed by atoms with van der Waals surface area (Å²) in [4.78, 5) is 24.9. The Bertz CT molecular complexity index is 467. The van der Waals surface area contributed by atoms with Crippen LogP contribution in [0.4, 0.5) is 5.00 Å². The van der Waals surface area contributed by atoms with Gasteiger partial charge in [-0.15, -0.1) is 11.3 Å². The summed E-state index contributed by atoms with van der Waals surface area (Å²) in [5.74, 6) is -0.963. The number of amides is 1. The second kappa shape index (κ2) is 4.03. The highest BCUT2D eigenvalue weighted by Crippen LogP contribution is 2.32. The summed E-state index contributed by atoms with van der Waals surface area (Å²) in [6, 6.07) is 3.33. The molecule has 6 heteroatoms. The van der Waals surface area contributed by atoms with Crippen LogP contribution in [0.1, 0.15) is 23.5 Å². The van der Waals surface area contributed by atoms with Crippen molar-refractivity contribution in [2.24, 2.45) is 0 Å². The topological polar surface area (TPSA) is 69.6 Å². The van der Waals surface area contributed by atoms with Gasteiger partial charge >= 0.3 is 5.97 Å². The second-order valence-electron chi connectivity index (χ2n) is 4.41. The smallest absolute Gasteiger partial charge is 0.345 e. The van der Waals surface area contributed by atoms with E-state index in [1.165, 1.54) is 11.3 Å². The van der Waals surface area contributed by atoms with Crippen molar-refractivity contribution >= 4 is 28.2 Å². The van der Waals surface area contributed by atoms with Gasteiger partial charge in [0.25, 0.3) is 0 Å². The van der Waals surface area contributed by atoms with Gasteiger partial charge in [0.2, 0.25) is 5.91 Å². The van der Waals surface area contributed by atoms with E-state index in [0.29, 0.717) is 18.0 Å². The number of carbonyl (C=O) groups is 2. The predicted molar refractivity (Wildman–Crippen MR) is 65.7 cm³/mol. The highest BCUT2D eigenvalue weighted by molar-refractivity contribution is 7.17. The first-order chi connectivity index (χ1) is 7.93. The van der Waals surface area contributed by atoms with E-state index < -0.39 is 11.5 Å². The number of carbonyl (C=O) groups excluding carboxylic acids is 1. The van der Waals surface area contributed by atoms with Gasteiger partial charge in [0.1, 0.15) is 10.4 Å². The maximum absolute atomic E-state index is 11.8. The normalized spacial score (nSPS) is 18.9. The van der Waals surface area contributed by atoms with Crippen LogP contribution in [0, 0.1) is 0 Å². The van der Waals surface area contributed by atoms with Crippen LogP contribution < -0.4 is 10.2 Å². The summed E-state index contributed by atoms with van der Waals surface area (Å²) in [5, 5.41) is 12.5. The molecule has 1 aliphatic heterocycles. The summed E-state index contributed by atoms with van der Waals surface area (Å²) in [5.41, 5.74) is -0.640. The van der Waals surface area contributed by atoms with Crippen molar-refractivity contribution in [3.8, 4) is 0 Å². The van der Waals surface area contributed by atoms with E-state index >= 15 is 0 Å². The molecule has 0 bridgehead atoms. The minimum atomic E-state index is -0.930. The zero-order valence-electron chi connectivity index (χ0n) is 9.69. The highest BCUT2D eigenvalue weighted by atomic mass is 32.1. The van der Waals surface area contributed by atoms with Crippen molar-refractivity contribution in [1.29, 1.82) is 0 Å². The third-order valence-corrected chi connectivity index (χ3v) is 4.02. The lowest BCUT2D eigenvalue weighted by molar-refractivity contribution is -0.126. The minimum absolute atomic E-state index is 0.0333. The number of anilines is 1. The number of piperazine rings is 1. The quantitative estimate of drug-likeness (QED) is 0.831. The standard InChI is InChI=1S/C11H14N2O3S/c1-11(2)10(16)12-5-6-13(11)8-4-3-7(17-8)9(14)15/h3-4H,5-6H2,1-2H3,(H,12,16)(H,14,15). The number of aromatic carboxylic acids is 1. The van der Waals surface area contributed by atoms with Crippen molar-refractivity contribution in [1.82, 2.24) is 5.32 Å². The molecule has 2 N–H and O–H groups in total. The number of nitrogens with zero attached hydrogens (tertiary/aromatic N) is 1. The average Bonchev–Trinajstić information content (AvgIpc) is 2.71. The summed E-state index contributed by atoms with van der Waals surface area (Å²) < 4.78 is 0. The van der Waals surface area contributed by atoms with Crippen LogP contribution in [-0.4, -0.2) is 35.6 Å². The van der Waals surface area contributed by atoms with Gasteiger partial charge in [0.05, 0.1) is 5.00 Å². The fraction of sp³-hybridized carbons (Fsp3) is 0.455. The van der Waals surface area contributed by atoms with Crippen LogP contribution in [0.5, 0.6) is 0 Å². The average molecular weight is 254 g/mol. The van der Waals surface area contributed by atoms with E-state index in [9.17, 15) is 9.59 Å². The molecule has 1 aromatic heterocycles. The fourth-order valence-corrected chi connectivity index (χ4v) is 2.89. The van der Waals surface area contributed by atoms with Crippen LogP contribution in [0.25, 0.3) is 0 Å². The summed E-state index contributed by atoms with van der Waals surface area (Å²) >= 11 is 1.20. The number of rotatable bonds is 2. The van der Waals surface area contributed by atoms with Crippen LogP contribution in [-0.2, 0) is 4.79 Å². The molecule has 17 heavy (non-hydrogen) atoms. The molecule has 5 nitrogen and oxygen atoms in total. The summed E-state index contributed by atoms with van der Waals surface area (Å²) in [6.45, 7) is 4.95. The number of nitrogens with one attached hydrogen (secondary N) is 1. The molecule has 2 rings (SSSR count). The number of hydrogen-bond acceptors (Lipinski definition) is 4. The summed E-state index contributed by atoms with van der Waals surface area (Å²) in [7, 11) is 0. The molecule has 0 aliphatic carbocycles. The predicted octanol–water partition coefficient (Wildman–Crippen LogP) is 1.16. The highest BCUT2D eigenvalue weighted by Gasteiger charge is 2.38. The van der Waals surface area contributed by atoms with Crippen molar-refractivity contribution in [2.45, 2.75) is 19.4 Å². The van der Waals surface area contributed by atoms with Crippen LogP contribution in [0.15, 0.2) is 12.1 Å². The van der Waals surface area contributed by atoms with Crippen LogP contribution >= 0.6 is 11.3 Å². The van der Waals surface area contributed by atoms with Gasteiger partial charge in [-0.25, -0.2) is 4.79 Å². The molecule has 1 aliphatic rings. The van der Waals surface area contributed by atoms with Gasteiger partial charge in [-0.3, -0.25) is 4.79 Å². The Morgan fingerprint density at radius 3 is 2.82 bits per heavy atom. The largest absolute Gasteiger partial charge is 0.477 e. The molecule has 92 valence electrons. The molecule has 1 saturated heterocycles. The van der Waals surface area contributed by atoms with Gasteiger partial charge in [-0.1, -0.05) is 0 Å². The maximum atomic E-state index is 11.8. The molecular weight excluding hydrogens is 240 g/mol. The Balaban J connectivity index is 2.31. The molecule has 0 aromatic carbocycles. The Morgan fingerprint density at radius 2 is 2.24 bits per heavy atom. The molecule has 2 heterocycles. The van der Waals surface area contributed by atoms with Gasteiger partial charge in [-0.2, -0.15) is 0 Å². The van der Waals surface area contributed by atoms with E-state index in [1.807, 2.05) is 18.7 Å². The SMILES string of the molecule is CC1(C)C(=O)NCCN1c1ccc(C(=O)O)s1. The molecule has 1 fully saturated rings. The lowest BCUT2D eigenvalue weighted by atomic mass is 9.99. The maximum Gasteiger partial charge on any atom is 0.345 e. The molecule has 0 unspecified atom stereocenters. The molecule has 0 saturated carbocycles. The molecule has 0 atom stereocenters. The zero-order valence-corrected chi connectivity index (χ0v) is 10.5. The van der Waals surface area contributed by atoms with Gasteiger partial charge < -0.3 is 15.3 Å². The molecular formula is C11H14N2O3S. The molecule has 1 aromatic rings. The number of carboxylic acid groups (broad SMARTS) is 1. The Kier molecular flexibility index (Phi) is 2.82. The Morgan fingerprint density at radius 1 is 1.53 bits per heavy atom. The molecule has 1 amide bonds. The van der Waals surface area contributed by atoms with Crippen LogP contribution in [0.3, 0.4) is 0 Å². The lowest BCUT2D eigenvalue weighted by Gasteiger charge is -2.41. The Labute approximate surface area is 103 Å². The third-order valence-electron chi connectivity index (χ3n) is 2.92. The first-order valence-corrected chi connectivity index (χ1v) is 6.13. The van der Waals surface area contributed by atoms with E-state index in [2.05, 4.69) is 5.32 Å². The van der Waals surface area contributed by atoms with E-state index in [0.717, 1.165) is 5.00 Å². The van der Waals surface area contributed by atoms with Crippen molar-refractivity contribution in [3.63, 3.8) is 0 Å². The molecule has 0 spiro atoms. The number of thiophene rings is 1. The van der Waals surface area contributed by atoms with Gasteiger partial charge in [-0.05, 0) is 26.0 Å². The van der Waals surface area contributed by atoms with Gasteiger partial charge in [0, 0.05) is 13.1 Å². The molecule has 0 radical (unpaired) electrons. The van der Waals surface area contributed by atoms with E-state index in [4.69, 9.17) is 5.11 Å². The summed E-state index contributed by atoms with van der Waals surface area (Å²) in [6.07, 6.45) is 0. The van der Waals surface area contributed by atoms with E-state index in [-0.39, 0.29) is 5.91 Å². The monoisotopic (exact) mass is 254 g/mol.